The molecule has 4 aliphatic heterocycles. The number of imide groups is 1. The number of benzene rings is 2. The molecule has 4 aliphatic rings. The molecule has 1 N–H and O–H groups in total. The Kier molecular flexibility index (Phi) is 4.04. The summed E-state index contributed by atoms with van der Waals surface area (Å²) in [6.45, 7) is 0.494. The average Bonchev–Trinajstić information content (AvgIpc) is 3.47. The van der Waals surface area contributed by atoms with E-state index in [1.165, 1.54) is 30.3 Å². The summed E-state index contributed by atoms with van der Waals surface area (Å²) in [5.41, 5.74) is -1.17. The van der Waals surface area contributed by atoms with Crippen molar-refractivity contribution in [3.63, 3.8) is 0 Å². The Labute approximate surface area is 191 Å². The summed E-state index contributed by atoms with van der Waals surface area (Å²) < 4.78 is 14.3. The number of nitro groups is 1. The fourth-order valence-electron chi connectivity index (χ4n) is 6.21. The Hall–Kier alpha value is -3.37. The number of hydrogen-bond donors (Lipinski definition) is 1. The van der Waals surface area contributed by atoms with Crippen LogP contribution in [0.3, 0.4) is 0 Å². The van der Waals surface area contributed by atoms with Gasteiger partial charge in [0.1, 0.15) is 16.4 Å². The third-order valence-electron chi connectivity index (χ3n) is 7.34. The Morgan fingerprint density at radius 3 is 2.70 bits per heavy atom. The van der Waals surface area contributed by atoms with Crippen LogP contribution < -0.4 is 10.2 Å². The lowest BCUT2D eigenvalue weighted by Gasteiger charge is -2.36. The van der Waals surface area contributed by atoms with Crippen LogP contribution in [-0.2, 0) is 19.9 Å². The van der Waals surface area contributed by atoms with Crippen molar-refractivity contribution in [1.29, 1.82) is 0 Å². The number of nitrogens with one attached hydrogen (secondary N) is 1. The van der Waals surface area contributed by atoms with Gasteiger partial charge in [-0.1, -0.05) is 11.6 Å². The lowest BCUT2D eigenvalue weighted by atomic mass is 9.75. The molecular formula is C22H16ClFN4O5. The molecule has 0 unspecified atom stereocenters. The molecule has 2 aromatic carbocycles. The highest BCUT2D eigenvalue weighted by Gasteiger charge is 2.74. The molecule has 3 fully saturated rings. The van der Waals surface area contributed by atoms with E-state index in [0.29, 0.717) is 24.2 Å². The smallest absolute Gasteiger partial charge is 0.289 e. The van der Waals surface area contributed by atoms with Crippen molar-refractivity contribution in [2.45, 2.75) is 24.4 Å². The number of rotatable bonds is 2. The van der Waals surface area contributed by atoms with Gasteiger partial charge in [-0.2, -0.15) is 0 Å². The van der Waals surface area contributed by atoms with E-state index >= 15 is 0 Å². The summed E-state index contributed by atoms with van der Waals surface area (Å²) in [4.78, 5) is 54.3. The second-order valence-corrected chi connectivity index (χ2v) is 9.13. The summed E-state index contributed by atoms with van der Waals surface area (Å²) >= 11 is 5.90. The highest BCUT2D eigenvalue weighted by Crippen LogP contribution is 2.60. The number of nitro benzene ring substituents is 1. The molecule has 3 amide bonds. The molecule has 9 nitrogen and oxygen atoms in total. The minimum Gasteiger partial charge on any atom is -0.324 e. The first-order valence-electron chi connectivity index (χ1n) is 10.5. The molecule has 0 aliphatic carbocycles. The Morgan fingerprint density at radius 1 is 1.15 bits per heavy atom. The van der Waals surface area contributed by atoms with Crippen LogP contribution in [-0.4, -0.2) is 40.1 Å². The predicted molar refractivity (Wildman–Crippen MR) is 114 cm³/mol. The molecule has 4 atom stereocenters. The molecule has 6 rings (SSSR count). The molecule has 4 heterocycles. The van der Waals surface area contributed by atoms with Crippen LogP contribution in [0.4, 0.5) is 21.5 Å². The second-order valence-electron chi connectivity index (χ2n) is 8.72. The lowest BCUT2D eigenvalue weighted by molar-refractivity contribution is -0.384. The van der Waals surface area contributed by atoms with Crippen molar-refractivity contribution in [3.05, 3.63) is 62.9 Å². The topological polar surface area (TPSA) is 113 Å². The summed E-state index contributed by atoms with van der Waals surface area (Å²) in [7, 11) is 0. The molecule has 33 heavy (non-hydrogen) atoms. The zero-order valence-electron chi connectivity index (χ0n) is 17.0. The summed E-state index contributed by atoms with van der Waals surface area (Å²) in [6, 6.07) is 7.27. The van der Waals surface area contributed by atoms with Gasteiger partial charge >= 0.3 is 0 Å². The van der Waals surface area contributed by atoms with Crippen LogP contribution in [0, 0.1) is 27.8 Å². The van der Waals surface area contributed by atoms with Gasteiger partial charge in [0.2, 0.25) is 17.7 Å². The minimum atomic E-state index is -1.51. The van der Waals surface area contributed by atoms with Crippen LogP contribution in [0.5, 0.6) is 0 Å². The monoisotopic (exact) mass is 470 g/mol. The Morgan fingerprint density at radius 2 is 1.94 bits per heavy atom. The van der Waals surface area contributed by atoms with Gasteiger partial charge in [0.25, 0.3) is 5.69 Å². The zero-order chi connectivity index (χ0) is 23.2. The van der Waals surface area contributed by atoms with Gasteiger partial charge in [0, 0.05) is 23.4 Å². The second kappa shape index (κ2) is 6.58. The van der Waals surface area contributed by atoms with Crippen molar-refractivity contribution in [2.24, 2.45) is 11.8 Å². The molecule has 11 heteroatoms. The maximum absolute atomic E-state index is 14.3. The fourth-order valence-corrected chi connectivity index (χ4v) is 6.40. The molecule has 168 valence electrons. The number of carbonyl (C=O) groups is 3. The van der Waals surface area contributed by atoms with Crippen molar-refractivity contribution in [3.8, 4) is 0 Å². The van der Waals surface area contributed by atoms with Crippen LogP contribution in [0.2, 0.25) is 5.02 Å². The maximum Gasteiger partial charge on any atom is 0.289 e. The van der Waals surface area contributed by atoms with Crippen LogP contribution in [0.15, 0.2) is 36.4 Å². The fraction of sp³-hybridized carbons (Fsp3) is 0.318. The van der Waals surface area contributed by atoms with E-state index in [4.69, 9.17) is 11.6 Å². The van der Waals surface area contributed by atoms with Crippen molar-refractivity contribution < 1.29 is 23.7 Å². The number of hydrogen-bond acceptors (Lipinski definition) is 6. The highest BCUT2D eigenvalue weighted by molar-refractivity contribution is 6.33. The van der Waals surface area contributed by atoms with Crippen LogP contribution in [0.25, 0.3) is 0 Å². The standard InChI is InChI=1S/C22H16ClFN4O5/c23-13-5-4-11(9-16(13)28(32)33)27-19(29)17-15-2-1-7-26(15)22(18(17)20(27)30)12-8-10(24)3-6-14(12)25-21(22)31/h3-6,8-9,15,17-18H,1-2,7H2,(H,25,31)/t15-,17-,18-,22+/m0/s1. The lowest BCUT2D eigenvalue weighted by Crippen LogP contribution is -2.54. The normalized spacial score (nSPS) is 30.1. The predicted octanol–water partition coefficient (Wildman–Crippen LogP) is 2.82. The van der Waals surface area contributed by atoms with Gasteiger partial charge in [0.05, 0.1) is 22.4 Å². The van der Waals surface area contributed by atoms with E-state index in [-0.39, 0.29) is 16.8 Å². The molecule has 3 saturated heterocycles. The molecular weight excluding hydrogens is 455 g/mol. The zero-order valence-corrected chi connectivity index (χ0v) is 17.7. The van der Waals surface area contributed by atoms with E-state index in [9.17, 15) is 28.9 Å². The first-order valence-corrected chi connectivity index (χ1v) is 10.8. The van der Waals surface area contributed by atoms with E-state index in [0.717, 1.165) is 17.4 Å². The Bertz CT molecular complexity index is 1300. The first-order chi connectivity index (χ1) is 15.8. The summed E-state index contributed by atoms with van der Waals surface area (Å²) in [6.07, 6.45) is 1.33. The van der Waals surface area contributed by atoms with Crippen molar-refractivity contribution in [1.82, 2.24) is 4.90 Å². The van der Waals surface area contributed by atoms with Crippen LogP contribution >= 0.6 is 11.6 Å². The van der Waals surface area contributed by atoms with Crippen molar-refractivity contribution >= 4 is 46.4 Å². The van der Waals surface area contributed by atoms with Crippen LogP contribution in [0.1, 0.15) is 18.4 Å². The molecule has 0 saturated carbocycles. The number of anilines is 2. The number of amides is 3. The number of halogens is 2. The molecule has 0 radical (unpaired) electrons. The number of nitrogens with zero attached hydrogens (tertiary/aromatic N) is 3. The molecule has 0 bridgehead atoms. The van der Waals surface area contributed by atoms with E-state index < -0.39 is 51.5 Å². The maximum atomic E-state index is 14.3. The molecule has 1 spiro atoms. The average molecular weight is 471 g/mol. The van der Waals surface area contributed by atoms with Gasteiger partial charge < -0.3 is 5.32 Å². The number of fused-ring (bicyclic) bond motifs is 7. The SMILES string of the molecule is O=C1[C@@H]2[C@@H](C(=O)N1c1ccc(Cl)c([N+](=O)[O-])c1)[C@]1(C(=O)Nc3ccc(F)cc31)N1CCC[C@@H]21. The quantitative estimate of drug-likeness (QED) is 0.410. The number of carbonyl (C=O) groups excluding carboxylic acids is 3. The third kappa shape index (κ3) is 2.37. The summed E-state index contributed by atoms with van der Waals surface area (Å²) in [5, 5.41) is 14.0. The first kappa shape index (κ1) is 20.3. The highest BCUT2D eigenvalue weighted by atomic mass is 35.5. The van der Waals surface area contributed by atoms with Gasteiger partial charge in [-0.05, 0) is 49.7 Å². The largest absolute Gasteiger partial charge is 0.324 e. The molecule has 2 aromatic rings. The third-order valence-corrected chi connectivity index (χ3v) is 7.66. The van der Waals surface area contributed by atoms with Crippen molar-refractivity contribution in [2.75, 3.05) is 16.8 Å². The van der Waals surface area contributed by atoms with Gasteiger partial charge in [-0.3, -0.25) is 29.4 Å². The molecule has 0 aromatic heterocycles. The minimum absolute atomic E-state index is 0.0214. The van der Waals surface area contributed by atoms with Gasteiger partial charge in [-0.25, -0.2) is 9.29 Å². The summed E-state index contributed by atoms with van der Waals surface area (Å²) in [5.74, 6) is -4.07. The van der Waals surface area contributed by atoms with Gasteiger partial charge in [0.15, 0.2) is 0 Å². The van der Waals surface area contributed by atoms with E-state index in [1.807, 2.05) is 4.90 Å². The Balaban J connectivity index is 1.54. The van der Waals surface area contributed by atoms with E-state index in [2.05, 4.69) is 5.32 Å². The van der Waals surface area contributed by atoms with Gasteiger partial charge in [-0.15, -0.1) is 0 Å². The van der Waals surface area contributed by atoms with E-state index in [1.54, 1.807) is 0 Å².